The zero-order valence-electron chi connectivity index (χ0n) is 12.9. The number of carbonyl (C=O) groups is 1. The number of nitrogens with one attached hydrogen (secondary N) is 2. The molecule has 0 unspecified atom stereocenters. The molecule has 0 radical (unpaired) electrons. The molecule has 0 fully saturated rings. The summed E-state index contributed by atoms with van der Waals surface area (Å²) in [6.07, 6.45) is 1.12. The molecule has 0 aliphatic carbocycles. The number of rotatable bonds is 3. The molecule has 0 saturated carbocycles. The van der Waals surface area contributed by atoms with E-state index < -0.39 is 5.41 Å². The second-order valence-electron chi connectivity index (χ2n) is 6.09. The van der Waals surface area contributed by atoms with Gasteiger partial charge in [-0.15, -0.1) is 0 Å². The van der Waals surface area contributed by atoms with Gasteiger partial charge in [-0.1, -0.05) is 46.8 Å². The molecule has 0 aromatic heterocycles. The van der Waals surface area contributed by atoms with E-state index in [-0.39, 0.29) is 5.91 Å². The quantitative estimate of drug-likeness (QED) is 0.825. The van der Waals surface area contributed by atoms with E-state index in [9.17, 15) is 4.79 Å². The SMILES string of the molecule is CC[C@@H](C)c1ccc(NC(=S)NC(=O)C(C)(C)C)cc1. The predicted octanol–water partition coefficient (Wildman–Crippen LogP) is 4.06. The monoisotopic (exact) mass is 292 g/mol. The summed E-state index contributed by atoms with van der Waals surface area (Å²) in [4.78, 5) is 11.8. The van der Waals surface area contributed by atoms with Gasteiger partial charge in [0.15, 0.2) is 5.11 Å². The highest BCUT2D eigenvalue weighted by molar-refractivity contribution is 7.80. The largest absolute Gasteiger partial charge is 0.332 e. The Bertz CT molecular complexity index is 474. The van der Waals surface area contributed by atoms with Crippen LogP contribution in [0.2, 0.25) is 0 Å². The van der Waals surface area contributed by atoms with Crippen LogP contribution in [0, 0.1) is 5.41 Å². The Balaban J connectivity index is 2.61. The fourth-order valence-electron chi connectivity index (χ4n) is 1.58. The maximum Gasteiger partial charge on any atom is 0.231 e. The Morgan fingerprint density at radius 1 is 1.25 bits per heavy atom. The van der Waals surface area contributed by atoms with E-state index in [1.54, 1.807) is 0 Å². The van der Waals surface area contributed by atoms with Crippen LogP contribution in [-0.4, -0.2) is 11.0 Å². The molecule has 0 saturated heterocycles. The Kier molecular flexibility index (Phi) is 5.69. The van der Waals surface area contributed by atoms with Gasteiger partial charge in [0.1, 0.15) is 0 Å². The summed E-state index contributed by atoms with van der Waals surface area (Å²) in [5.41, 5.74) is 1.74. The van der Waals surface area contributed by atoms with Gasteiger partial charge in [0.25, 0.3) is 0 Å². The van der Waals surface area contributed by atoms with Crippen molar-refractivity contribution in [3.63, 3.8) is 0 Å². The molecule has 0 aliphatic heterocycles. The van der Waals surface area contributed by atoms with Crippen molar-refractivity contribution in [2.75, 3.05) is 5.32 Å². The van der Waals surface area contributed by atoms with Gasteiger partial charge >= 0.3 is 0 Å². The molecule has 1 aromatic carbocycles. The molecule has 2 N–H and O–H groups in total. The highest BCUT2D eigenvalue weighted by Crippen LogP contribution is 2.20. The molecular formula is C16H24N2OS. The van der Waals surface area contributed by atoms with Crippen LogP contribution >= 0.6 is 12.2 Å². The standard InChI is InChI=1S/C16H24N2OS/c1-6-11(2)12-7-9-13(10-8-12)17-15(20)18-14(19)16(3,4)5/h7-11H,6H2,1-5H3,(H2,17,18,19,20)/t11-/m1/s1. The number of anilines is 1. The van der Waals surface area contributed by atoms with Crippen LogP contribution < -0.4 is 10.6 Å². The van der Waals surface area contributed by atoms with Crippen LogP contribution in [0.4, 0.5) is 5.69 Å². The third-order valence-corrected chi connectivity index (χ3v) is 3.46. The number of hydrogen-bond acceptors (Lipinski definition) is 2. The average molecular weight is 292 g/mol. The van der Waals surface area contributed by atoms with Crippen molar-refractivity contribution in [1.82, 2.24) is 5.32 Å². The van der Waals surface area contributed by atoms with Gasteiger partial charge in [-0.05, 0) is 42.3 Å². The Morgan fingerprint density at radius 2 is 1.80 bits per heavy atom. The normalized spacial score (nSPS) is 12.7. The lowest BCUT2D eigenvalue weighted by molar-refractivity contribution is -0.126. The molecule has 1 rings (SSSR count). The smallest absolute Gasteiger partial charge is 0.231 e. The van der Waals surface area contributed by atoms with E-state index >= 15 is 0 Å². The minimum Gasteiger partial charge on any atom is -0.332 e. The molecule has 4 heteroatoms. The first kappa shape index (κ1) is 16.6. The van der Waals surface area contributed by atoms with Crippen LogP contribution in [0.25, 0.3) is 0 Å². The lowest BCUT2D eigenvalue weighted by Gasteiger charge is -2.18. The van der Waals surface area contributed by atoms with Crippen molar-refractivity contribution < 1.29 is 4.79 Å². The van der Waals surface area contributed by atoms with Gasteiger partial charge in [0, 0.05) is 11.1 Å². The third kappa shape index (κ3) is 4.93. The van der Waals surface area contributed by atoms with Gasteiger partial charge in [-0.2, -0.15) is 0 Å². The van der Waals surface area contributed by atoms with Gasteiger partial charge in [0.2, 0.25) is 5.91 Å². The van der Waals surface area contributed by atoms with Gasteiger partial charge < -0.3 is 10.6 Å². The van der Waals surface area contributed by atoms with E-state index in [0.29, 0.717) is 11.0 Å². The Hall–Kier alpha value is -1.42. The zero-order chi connectivity index (χ0) is 15.3. The molecule has 0 aliphatic rings. The van der Waals surface area contributed by atoms with Crippen molar-refractivity contribution in [3.05, 3.63) is 29.8 Å². The zero-order valence-corrected chi connectivity index (χ0v) is 13.7. The predicted molar refractivity (Wildman–Crippen MR) is 89.0 cm³/mol. The van der Waals surface area contributed by atoms with Crippen molar-refractivity contribution in [3.8, 4) is 0 Å². The van der Waals surface area contributed by atoms with Crippen molar-refractivity contribution in [2.24, 2.45) is 5.41 Å². The first-order valence-corrected chi connectivity index (χ1v) is 7.37. The first-order valence-electron chi connectivity index (χ1n) is 6.96. The van der Waals surface area contributed by atoms with Crippen LogP contribution in [0.15, 0.2) is 24.3 Å². The lowest BCUT2D eigenvalue weighted by atomic mass is 9.96. The van der Waals surface area contributed by atoms with Crippen LogP contribution in [0.1, 0.15) is 52.5 Å². The summed E-state index contributed by atoms with van der Waals surface area (Å²) < 4.78 is 0. The fourth-order valence-corrected chi connectivity index (χ4v) is 1.79. The minimum atomic E-state index is -0.452. The van der Waals surface area contributed by atoms with Crippen LogP contribution in [0.5, 0.6) is 0 Å². The molecule has 3 nitrogen and oxygen atoms in total. The minimum absolute atomic E-state index is 0.0915. The topological polar surface area (TPSA) is 41.1 Å². The Morgan fingerprint density at radius 3 is 2.25 bits per heavy atom. The van der Waals surface area contributed by atoms with E-state index in [1.807, 2.05) is 32.9 Å². The van der Waals surface area contributed by atoms with Crippen LogP contribution in [-0.2, 0) is 4.79 Å². The maximum absolute atomic E-state index is 11.8. The first-order chi connectivity index (χ1) is 9.24. The van der Waals surface area contributed by atoms with Crippen molar-refractivity contribution in [2.45, 2.75) is 47.0 Å². The molecule has 1 atom stereocenters. The molecule has 0 heterocycles. The fraction of sp³-hybridized carbons (Fsp3) is 0.500. The molecule has 0 spiro atoms. The summed E-state index contributed by atoms with van der Waals surface area (Å²) in [6.45, 7) is 9.94. The average Bonchev–Trinajstić information content (AvgIpc) is 2.37. The van der Waals surface area contributed by atoms with Gasteiger partial charge in [-0.3, -0.25) is 4.79 Å². The molecule has 1 aromatic rings. The van der Waals surface area contributed by atoms with Crippen molar-refractivity contribution >= 4 is 28.9 Å². The highest BCUT2D eigenvalue weighted by Gasteiger charge is 2.21. The number of benzene rings is 1. The van der Waals surface area contributed by atoms with E-state index in [1.165, 1.54) is 5.56 Å². The number of carbonyl (C=O) groups excluding carboxylic acids is 1. The van der Waals surface area contributed by atoms with E-state index in [4.69, 9.17) is 12.2 Å². The molecule has 110 valence electrons. The molecule has 1 amide bonds. The summed E-state index contributed by atoms with van der Waals surface area (Å²) in [5, 5.41) is 6.06. The van der Waals surface area contributed by atoms with E-state index in [0.717, 1.165) is 12.1 Å². The third-order valence-electron chi connectivity index (χ3n) is 3.26. The summed E-state index contributed by atoms with van der Waals surface area (Å²) >= 11 is 5.15. The van der Waals surface area contributed by atoms with Crippen LogP contribution in [0.3, 0.4) is 0 Å². The lowest BCUT2D eigenvalue weighted by Crippen LogP contribution is -2.41. The number of thiocarbonyl (C=S) groups is 1. The number of hydrogen-bond donors (Lipinski definition) is 2. The Labute approximate surface area is 127 Å². The second kappa shape index (κ2) is 6.84. The number of amides is 1. The van der Waals surface area contributed by atoms with Gasteiger partial charge in [-0.25, -0.2) is 0 Å². The molecule has 0 bridgehead atoms. The summed E-state index contributed by atoms with van der Waals surface area (Å²) in [6, 6.07) is 8.14. The maximum atomic E-state index is 11.8. The van der Waals surface area contributed by atoms with Gasteiger partial charge in [0.05, 0.1) is 0 Å². The van der Waals surface area contributed by atoms with E-state index in [2.05, 4.69) is 36.6 Å². The molecule has 20 heavy (non-hydrogen) atoms. The summed E-state index contributed by atoms with van der Waals surface area (Å²) in [5.74, 6) is 0.461. The van der Waals surface area contributed by atoms with Crippen molar-refractivity contribution in [1.29, 1.82) is 0 Å². The highest BCUT2D eigenvalue weighted by atomic mass is 32.1. The second-order valence-corrected chi connectivity index (χ2v) is 6.50. The molecular weight excluding hydrogens is 268 g/mol. The summed E-state index contributed by atoms with van der Waals surface area (Å²) in [7, 11) is 0.